The van der Waals surface area contributed by atoms with Crippen molar-refractivity contribution in [2.75, 3.05) is 26.7 Å². The average Bonchev–Trinajstić information content (AvgIpc) is 2.96. The summed E-state index contributed by atoms with van der Waals surface area (Å²) in [7, 11) is 1.88. The molecule has 130 valence electrons. The summed E-state index contributed by atoms with van der Waals surface area (Å²) >= 11 is 0. The molecule has 5 heteroatoms. The van der Waals surface area contributed by atoms with Crippen LogP contribution in [0.4, 0.5) is 0 Å². The van der Waals surface area contributed by atoms with Gasteiger partial charge < -0.3 is 10.6 Å². The zero-order chi connectivity index (χ0) is 15.2. The third-order valence-corrected chi connectivity index (χ3v) is 5.34. The van der Waals surface area contributed by atoms with Gasteiger partial charge in [-0.2, -0.15) is 0 Å². The lowest BCUT2D eigenvalue weighted by molar-refractivity contribution is 0.166. The molecule has 2 rings (SSSR count). The van der Waals surface area contributed by atoms with Gasteiger partial charge in [0.15, 0.2) is 5.96 Å². The van der Waals surface area contributed by atoms with Gasteiger partial charge in [-0.15, -0.1) is 24.0 Å². The number of nitrogens with zero attached hydrogens (tertiary/aromatic N) is 2. The molecule has 3 unspecified atom stereocenters. The fourth-order valence-corrected chi connectivity index (χ4v) is 3.59. The van der Waals surface area contributed by atoms with E-state index in [1.165, 1.54) is 45.2 Å². The Morgan fingerprint density at radius 2 is 1.82 bits per heavy atom. The van der Waals surface area contributed by atoms with Crippen LogP contribution in [0.3, 0.4) is 0 Å². The number of likely N-dealkylation sites (tertiary alicyclic amines) is 1. The molecule has 1 heterocycles. The van der Waals surface area contributed by atoms with E-state index in [0.717, 1.165) is 24.3 Å². The minimum absolute atomic E-state index is 0. The molecule has 1 aliphatic carbocycles. The van der Waals surface area contributed by atoms with E-state index < -0.39 is 0 Å². The maximum absolute atomic E-state index is 4.39. The van der Waals surface area contributed by atoms with E-state index in [2.05, 4.69) is 41.3 Å². The molecule has 0 aromatic carbocycles. The largest absolute Gasteiger partial charge is 0.355 e. The van der Waals surface area contributed by atoms with Gasteiger partial charge in [0.1, 0.15) is 0 Å². The molecule has 4 nitrogen and oxygen atoms in total. The summed E-state index contributed by atoms with van der Waals surface area (Å²) in [6.45, 7) is 10.5. The Kier molecular flexibility index (Phi) is 9.05. The van der Waals surface area contributed by atoms with Gasteiger partial charge in [-0.05, 0) is 44.2 Å². The van der Waals surface area contributed by atoms with Crippen LogP contribution in [0, 0.1) is 11.8 Å². The van der Waals surface area contributed by atoms with E-state index in [1.54, 1.807) is 0 Å². The van der Waals surface area contributed by atoms with Gasteiger partial charge >= 0.3 is 0 Å². The van der Waals surface area contributed by atoms with Crippen molar-refractivity contribution in [2.45, 2.75) is 65.0 Å². The maximum atomic E-state index is 4.39. The highest BCUT2D eigenvalue weighted by Crippen LogP contribution is 2.28. The fraction of sp³-hybridized carbons (Fsp3) is 0.941. The molecule has 1 aliphatic heterocycles. The maximum Gasteiger partial charge on any atom is 0.191 e. The van der Waals surface area contributed by atoms with Crippen molar-refractivity contribution >= 4 is 29.9 Å². The first-order valence-corrected chi connectivity index (χ1v) is 8.90. The van der Waals surface area contributed by atoms with Gasteiger partial charge in [0.25, 0.3) is 0 Å². The first kappa shape index (κ1) is 20.0. The van der Waals surface area contributed by atoms with Gasteiger partial charge in [-0.3, -0.25) is 9.89 Å². The summed E-state index contributed by atoms with van der Waals surface area (Å²) in [5.41, 5.74) is 0. The molecule has 2 aliphatic rings. The molecule has 0 bridgehead atoms. The van der Waals surface area contributed by atoms with Gasteiger partial charge in [0.05, 0.1) is 0 Å². The highest BCUT2D eigenvalue weighted by atomic mass is 127. The van der Waals surface area contributed by atoms with Crippen molar-refractivity contribution in [2.24, 2.45) is 16.8 Å². The quantitative estimate of drug-likeness (QED) is 0.376. The highest BCUT2D eigenvalue weighted by molar-refractivity contribution is 14.0. The molecular weight excluding hydrogens is 387 g/mol. The summed E-state index contributed by atoms with van der Waals surface area (Å²) in [5, 5.41) is 7.12. The van der Waals surface area contributed by atoms with Crippen molar-refractivity contribution in [1.82, 2.24) is 15.5 Å². The minimum atomic E-state index is 0. The zero-order valence-corrected chi connectivity index (χ0v) is 17.1. The predicted octanol–water partition coefficient (Wildman–Crippen LogP) is 3.08. The van der Waals surface area contributed by atoms with E-state index >= 15 is 0 Å². The summed E-state index contributed by atoms with van der Waals surface area (Å²) in [6.07, 6.45) is 6.55. The SMILES string of the molecule is CCC(CC)C(CNC(=NC)NC1CC1C)N1CCCC1.I. The summed E-state index contributed by atoms with van der Waals surface area (Å²) in [4.78, 5) is 7.08. The molecule has 0 spiro atoms. The standard InChI is InChI=1S/C17H34N4.HI/c1-5-14(6-2)16(21-9-7-8-10-21)12-19-17(18-4)20-15-11-13(15)3;/h13-16H,5-12H2,1-4H3,(H2,18,19,20);1H. The minimum Gasteiger partial charge on any atom is -0.355 e. The summed E-state index contributed by atoms with van der Waals surface area (Å²) in [5.74, 6) is 2.57. The Morgan fingerprint density at radius 3 is 2.27 bits per heavy atom. The van der Waals surface area contributed by atoms with E-state index in [4.69, 9.17) is 0 Å². The first-order valence-electron chi connectivity index (χ1n) is 8.90. The second kappa shape index (κ2) is 9.96. The number of hydrogen-bond donors (Lipinski definition) is 2. The molecular formula is C17H35IN4. The van der Waals surface area contributed by atoms with Crippen molar-refractivity contribution in [1.29, 1.82) is 0 Å². The van der Waals surface area contributed by atoms with E-state index in [0.29, 0.717) is 12.1 Å². The lowest BCUT2D eigenvalue weighted by Gasteiger charge is -2.34. The number of rotatable bonds is 7. The molecule has 0 amide bonds. The topological polar surface area (TPSA) is 39.7 Å². The highest BCUT2D eigenvalue weighted by Gasteiger charge is 2.33. The molecule has 2 fully saturated rings. The number of nitrogens with one attached hydrogen (secondary N) is 2. The smallest absolute Gasteiger partial charge is 0.191 e. The van der Waals surface area contributed by atoms with Crippen molar-refractivity contribution in [3.05, 3.63) is 0 Å². The van der Waals surface area contributed by atoms with Crippen LogP contribution in [0.25, 0.3) is 0 Å². The Balaban J connectivity index is 0.00000242. The second-order valence-electron chi connectivity index (χ2n) is 6.80. The zero-order valence-electron chi connectivity index (χ0n) is 14.8. The van der Waals surface area contributed by atoms with Gasteiger partial charge in [0, 0.05) is 25.7 Å². The number of guanidine groups is 1. The number of halogens is 1. The number of hydrogen-bond acceptors (Lipinski definition) is 2. The van der Waals surface area contributed by atoms with Crippen LogP contribution in [0.1, 0.15) is 52.9 Å². The average molecular weight is 422 g/mol. The van der Waals surface area contributed by atoms with Crippen molar-refractivity contribution in [3.63, 3.8) is 0 Å². The van der Waals surface area contributed by atoms with E-state index in [1.807, 2.05) is 7.05 Å². The molecule has 1 saturated carbocycles. The Hall–Kier alpha value is -0.0400. The molecule has 1 saturated heterocycles. The molecule has 0 aromatic heterocycles. The molecule has 22 heavy (non-hydrogen) atoms. The van der Waals surface area contributed by atoms with Crippen LogP contribution in [-0.2, 0) is 0 Å². The molecule has 3 atom stereocenters. The van der Waals surface area contributed by atoms with Gasteiger partial charge in [-0.25, -0.2) is 0 Å². The van der Waals surface area contributed by atoms with Crippen LogP contribution in [0.2, 0.25) is 0 Å². The van der Waals surface area contributed by atoms with Gasteiger partial charge in [-0.1, -0.05) is 33.6 Å². The van der Waals surface area contributed by atoms with Crippen LogP contribution < -0.4 is 10.6 Å². The fourth-order valence-electron chi connectivity index (χ4n) is 3.59. The van der Waals surface area contributed by atoms with Crippen LogP contribution in [0.5, 0.6) is 0 Å². The lowest BCUT2D eigenvalue weighted by Crippen LogP contribution is -2.49. The monoisotopic (exact) mass is 422 g/mol. The Labute approximate surface area is 153 Å². The Bertz CT molecular complexity index is 336. The normalized spacial score (nSPS) is 26.7. The molecule has 0 aromatic rings. The van der Waals surface area contributed by atoms with E-state index in [-0.39, 0.29) is 24.0 Å². The van der Waals surface area contributed by atoms with Crippen LogP contribution >= 0.6 is 24.0 Å². The third kappa shape index (κ3) is 5.55. The van der Waals surface area contributed by atoms with E-state index in [9.17, 15) is 0 Å². The van der Waals surface area contributed by atoms with Crippen molar-refractivity contribution in [3.8, 4) is 0 Å². The van der Waals surface area contributed by atoms with Crippen LogP contribution in [-0.4, -0.2) is 49.6 Å². The molecule has 0 radical (unpaired) electrons. The third-order valence-electron chi connectivity index (χ3n) is 5.34. The molecule has 2 N–H and O–H groups in total. The summed E-state index contributed by atoms with van der Waals surface area (Å²) in [6, 6.07) is 1.28. The Morgan fingerprint density at radius 1 is 1.23 bits per heavy atom. The number of aliphatic imine (C=N–C) groups is 1. The second-order valence-corrected chi connectivity index (χ2v) is 6.80. The van der Waals surface area contributed by atoms with Crippen LogP contribution in [0.15, 0.2) is 4.99 Å². The van der Waals surface area contributed by atoms with Crippen molar-refractivity contribution < 1.29 is 0 Å². The summed E-state index contributed by atoms with van der Waals surface area (Å²) < 4.78 is 0. The first-order chi connectivity index (χ1) is 10.2. The lowest BCUT2D eigenvalue weighted by atomic mass is 9.93. The van der Waals surface area contributed by atoms with Gasteiger partial charge in [0.2, 0.25) is 0 Å². The predicted molar refractivity (Wildman–Crippen MR) is 106 cm³/mol.